The van der Waals surface area contributed by atoms with Gasteiger partial charge < -0.3 is 15.4 Å². The first-order valence-electron chi connectivity index (χ1n) is 5.53. The van der Waals surface area contributed by atoms with Gasteiger partial charge in [-0.1, -0.05) is 0 Å². The van der Waals surface area contributed by atoms with Gasteiger partial charge in [0, 0.05) is 24.9 Å². The van der Waals surface area contributed by atoms with Crippen LogP contribution in [0.25, 0.3) is 0 Å². The molecule has 0 aromatic carbocycles. The van der Waals surface area contributed by atoms with Crippen molar-refractivity contribution in [2.24, 2.45) is 0 Å². The van der Waals surface area contributed by atoms with E-state index in [1.165, 1.54) is 0 Å². The Balaban J connectivity index is 2.18. The molecule has 1 aliphatic rings. The monoisotopic (exact) mass is 222 g/mol. The number of nitrogens with two attached hydrogens (primary N) is 1. The van der Waals surface area contributed by atoms with E-state index in [9.17, 15) is 0 Å². The number of rotatable bonds is 3. The number of anilines is 1. The Hall–Kier alpha value is -1.20. The van der Waals surface area contributed by atoms with Gasteiger partial charge in [-0.3, -0.25) is 0 Å². The molecule has 2 N–H and O–H groups in total. The summed E-state index contributed by atoms with van der Waals surface area (Å²) in [6, 6.07) is 0. The summed E-state index contributed by atoms with van der Waals surface area (Å²) in [6.07, 6.45) is 1.68. The first-order chi connectivity index (χ1) is 7.66. The predicted octanol–water partition coefficient (Wildman–Crippen LogP) is 0.236. The highest BCUT2D eigenvalue weighted by Gasteiger charge is 2.16. The van der Waals surface area contributed by atoms with Crippen LogP contribution in [0, 0.1) is 0 Å². The second-order valence-electron chi connectivity index (χ2n) is 4.31. The maximum atomic E-state index is 5.90. The van der Waals surface area contributed by atoms with Gasteiger partial charge in [0.15, 0.2) is 0 Å². The Kier molecular flexibility index (Phi) is 3.36. The van der Waals surface area contributed by atoms with Gasteiger partial charge in [0.1, 0.15) is 11.6 Å². The Morgan fingerprint density at radius 2 is 2.19 bits per heavy atom. The van der Waals surface area contributed by atoms with Crippen molar-refractivity contribution in [1.82, 2.24) is 14.9 Å². The molecule has 0 spiro atoms. The van der Waals surface area contributed by atoms with Crippen molar-refractivity contribution in [2.45, 2.75) is 19.4 Å². The number of nitrogens with zero attached hydrogens (tertiary/aromatic N) is 3. The number of hydrogen-bond donors (Lipinski definition) is 1. The van der Waals surface area contributed by atoms with Crippen LogP contribution >= 0.6 is 0 Å². The summed E-state index contributed by atoms with van der Waals surface area (Å²) >= 11 is 0. The zero-order chi connectivity index (χ0) is 11.5. The molecule has 0 radical (unpaired) electrons. The molecule has 0 aliphatic carbocycles. The van der Waals surface area contributed by atoms with Gasteiger partial charge in [0.25, 0.3) is 0 Å². The fourth-order valence-electron chi connectivity index (χ4n) is 1.75. The lowest BCUT2D eigenvalue weighted by Gasteiger charge is -2.18. The Bertz CT molecular complexity index is 378. The molecule has 1 aromatic heterocycles. The van der Waals surface area contributed by atoms with Crippen LogP contribution in [0.15, 0.2) is 0 Å². The number of hydrogen-bond acceptors (Lipinski definition) is 5. The lowest BCUT2D eigenvalue weighted by molar-refractivity contribution is 0.109. The number of fused-ring (bicyclic) bond motifs is 1. The summed E-state index contributed by atoms with van der Waals surface area (Å²) in [5, 5.41) is 0. The minimum absolute atomic E-state index is 0.551. The smallest absolute Gasteiger partial charge is 0.132 e. The summed E-state index contributed by atoms with van der Waals surface area (Å²) in [5.41, 5.74) is 7.94. The summed E-state index contributed by atoms with van der Waals surface area (Å²) in [4.78, 5) is 11.0. The normalized spacial score (nSPS) is 15.2. The van der Waals surface area contributed by atoms with Crippen molar-refractivity contribution < 1.29 is 4.74 Å². The van der Waals surface area contributed by atoms with E-state index >= 15 is 0 Å². The Morgan fingerprint density at radius 1 is 1.38 bits per heavy atom. The van der Waals surface area contributed by atoms with Crippen LogP contribution in [-0.2, 0) is 24.2 Å². The van der Waals surface area contributed by atoms with Crippen LogP contribution in [0.4, 0.5) is 5.82 Å². The zero-order valence-electron chi connectivity index (χ0n) is 9.86. The number of likely N-dealkylation sites (N-methyl/N-ethyl adjacent to an activating group) is 1. The standard InChI is InChI=1S/C11H18N4O/c1-15(2)5-3-10-13-9-4-6-16-7-8(9)11(12)14-10/h3-7H2,1-2H3,(H2,12,13,14). The van der Waals surface area contributed by atoms with Crippen molar-refractivity contribution in [3.8, 4) is 0 Å². The SMILES string of the molecule is CN(C)CCc1nc(N)c2c(n1)CCOC2. The van der Waals surface area contributed by atoms with E-state index in [4.69, 9.17) is 10.5 Å². The van der Waals surface area contributed by atoms with E-state index in [-0.39, 0.29) is 0 Å². The van der Waals surface area contributed by atoms with Crippen LogP contribution in [-0.4, -0.2) is 42.1 Å². The minimum atomic E-state index is 0.551. The van der Waals surface area contributed by atoms with Gasteiger partial charge in [0.05, 0.1) is 18.9 Å². The van der Waals surface area contributed by atoms with E-state index in [0.29, 0.717) is 12.4 Å². The maximum Gasteiger partial charge on any atom is 0.132 e. The van der Waals surface area contributed by atoms with Crippen molar-refractivity contribution in [3.05, 3.63) is 17.1 Å². The van der Waals surface area contributed by atoms with Crippen molar-refractivity contribution in [2.75, 3.05) is 33.0 Å². The molecule has 1 aromatic rings. The van der Waals surface area contributed by atoms with Crippen molar-refractivity contribution in [3.63, 3.8) is 0 Å². The lowest BCUT2D eigenvalue weighted by atomic mass is 10.1. The quantitative estimate of drug-likeness (QED) is 0.793. The fourth-order valence-corrected chi connectivity index (χ4v) is 1.75. The van der Waals surface area contributed by atoms with Crippen LogP contribution < -0.4 is 5.73 Å². The van der Waals surface area contributed by atoms with Crippen LogP contribution in [0.1, 0.15) is 17.1 Å². The molecule has 5 heteroatoms. The molecule has 0 saturated carbocycles. The highest BCUT2D eigenvalue weighted by molar-refractivity contribution is 5.42. The maximum absolute atomic E-state index is 5.90. The second-order valence-corrected chi connectivity index (χ2v) is 4.31. The second kappa shape index (κ2) is 4.76. The third-order valence-electron chi connectivity index (χ3n) is 2.68. The van der Waals surface area contributed by atoms with E-state index in [2.05, 4.69) is 14.9 Å². The predicted molar refractivity (Wildman–Crippen MR) is 62.1 cm³/mol. The molecule has 16 heavy (non-hydrogen) atoms. The molecule has 1 aliphatic heterocycles. The van der Waals surface area contributed by atoms with Gasteiger partial charge >= 0.3 is 0 Å². The highest BCUT2D eigenvalue weighted by atomic mass is 16.5. The third kappa shape index (κ3) is 2.48. The van der Waals surface area contributed by atoms with E-state index < -0.39 is 0 Å². The largest absolute Gasteiger partial charge is 0.383 e. The Morgan fingerprint density at radius 3 is 2.94 bits per heavy atom. The minimum Gasteiger partial charge on any atom is -0.383 e. The molecule has 0 unspecified atom stereocenters. The molecule has 0 bridgehead atoms. The van der Waals surface area contributed by atoms with Crippen molar-refractivity contribution >= 4 is 5.82 Å². The van der Waals surface area contributed by atoms with E-state index in [1.54, 1.807) is 0 Å². The molecule has 0 atom stereocenters. The molecular weight excluding hydrogens is 204 g/mol. The Labute approximate surface area is 95.6 Å². The molecular formula is C11H18N4O. The first kappa shape index (κ1) is 11.3. The van der Waals surface area contributed by atoms with Gasteiger partial charge in [-0.15, -0.1) is 0 Å². The van der Waals surface area contributed by atoms with Crippen molar-refractivity contribution in [1.29, 1.82) is 0 Å². The molecule has 0 amide bonds. The molecule has 2 rings (SSSR count). The van der Waals surface area contributed by atoms with Gasteiger partial charge in [0.2, 0.25) is 0 Å². The lowest BCUT2D eigenvalue weighted by Crippen LogP contribution is -2.20. The summed E-state index contributed by atoms with van der Waals surface area (Å²) < 4.78 is 5.35. The molecule has 88 valence electrons. The summed E-state index contributed by atoms with van der Waals surface area (Å²) in [5.74, 6) is 1.42. The van der Waals surface area contributed by atoms with Crippen LogP contribution in [0.3, 0.4) is 0 Å². The zero-order valence-corrected chi connectivity index (χ0v) is 9.86. The van der Waals surface area contributed by atoms with Crippen LogP contribution in [0.5, 0.6) is 0 Å². The molecule has 5 nitrogen and oxygen atoms in total. The van der Waals surface area contributed by atoms with Gasteiger partial charge in [-0.2, -0.15) is 0 Å². The van der Waals surface area contributed by atoms with Gasteiger partial charge in [-0.25, -0.2) is 9.97 Å². The average molecular weight is 222 g/mol. The van der Waals surface area contributed by atoms with Gasteiger partial charge in [-0.05, 0) is 14.1 Å². The summed E-state index contributed by atoms with van der Waals surface area (Å²) in [7, 11) is 4.07. The van der Waals surface area contributed by atoms with E-state index in [0.717, 1.165) is 43.1 Å². The topological polar surface area (TPSA) is 64.3 Å². The van der Waals surface area contributed by atoms with E-state index in [1.807, 2.05) is 14.1 Å². The van der Waals surface area contributed by atoms with Crippen LogP contribution in [0.2, 0.25) is 0 Å². The summed E-state index contributed by atoms with van der Waals surface area (Å²) in [6.45, 7) is 2.22. The molecule has 2 heterocycles. The third-order valence-corrected chi connectivity index (χ3v) is 2.68. The average Bonchev–Trinajstić information content (AvgIpc) is 2.26. The highest BCUT2D eigenvalue weighted by Crippen LogP contribution is 2.19. The number of ether oxygens (including phenoxy) is 1. The molecule has 0 fully saturated rings. The fraction of sp³-hybridized carbons (Fsp3) is 0.636. The number of aromatic nitrogens is 2. The first-order valence-corrected chi connectivity index (χ1v) is 5.53. The molecule has 0 saturated heterocycles. The number of nitrogen functional groups attached to an aromatic ring is 1.